The summed E-state index contributed by atoms with van der Waals surface area (Å²) in [5.74, 6) is 0.464. The molecule has 0 saturated heterocycles. The Balaban J connectivity index is 2.07. The number of hydrogen-bond donors (Lipinski definition) is 2. The van der Waals surface area contributed by atoms with Crippen LogP contribution in [-0.2, 0) is 13.6 Å². The van der Waals surface area contributed by atoms with E-state index in [4.69, 9.17) is 5.73 Å². The summed E-state index contributed by atoms with van der Waals surface area (Å²) >= 11 is 1.55. The quantitative estimate of drug-likeness (QED) is 0.833. The first kappa shape index (κ1) is 13.5. The van der Waals surface area contributed by atoms with E-state index in [1.165, 1.54) is 0 Å². The lowest BCUT2D eigenvalue weighted by Crippen LogP contribution is -2.23. The van der Waals surface area contributed by atoms with Crippen molar-refractivity contribution in [3.8, 4) is 0 Å². The van der Waals surface area contributed by atoms with Gasteiger partial charge in [-0.3, -0.25) is 9.48 Å². The van der Waals surface area contributed by atoms with Crippen LogP contribution in [-0.4, -0.2) is 21.9 Å². The van der Waals surface area contributed by atoms with Gasteiger partial charge in [-0.15, -0.1) is 11.8 Å². The number of amides is 1. The summed E-state index contributed by atoms with van der Waals surface area (Å²) in [5, 5.41) is 6.90. The number of aromatic nitrogens is 2. The molecule has 0 atom stereocenters. The highest BCUT2D eigenvalue weighted by Crippen LogP contribution is 2.19. The SMILES string of the molecule is CSc1ccccc1C(=O)NCc1cnn(C)c1N. The smallest absolute Gasteiger partial charge is 0.252 e. The number of carbonyl (C=O) groups is 1. The van der Waals surface area contributed by atoms with E-state index in [0.717, 1.165) is 10.5 Å². The van der Waals surface area contributed by atoms with Crippen LogP contribution < -0.4 is 11.1 Å². The van der Waals surface area contributed by atoms with Gasteiger partial charge in [0.1, 0.15) is 5.82 Å². The van der Waals surface area contributed by atoms with Gasteiger partial charge in [0.2, 0.25) is 0 Å². The summed E-state index contributed by atoms with van der Waals surface area (Å²) in [6, 6.07) is 7.51. The van der Waals surface area contributed by atoms with E-state index in [9.17, 15) is 4.79 Å². The molecule has 2 rings (SSSR count). The summed E-state index contributed by atoms with van der Waals surface area (Å²) in [4.78, 5) is 13.1. The third kappa shape index (κ3) is 2.90. The number of hydrogen-bond acceptors (Lipinski definition) is 4. The molecule has 100 valence electrons. The number of aryl methyl sites for hydroxylation is 1. The standard InChI is InChI=1S/C13H16N4OS/c1-17-12(14)9(8-16-17)7-15-13(18)10-5-3-4-6-11(10)19-2/h3-6,8H,7,14H2,1-2H3,(H,15,18). The van der Waals surface area contributed by atoms with Gasteiger partial charge < -0.3 is 11.1 Å². The first-order valence-corrected chi connectivity index (χ1v) is 7.03. The highest BCUT2D eigenvalue weighted by molar-refractivity contribution is 7.98. The number of anilines is 1. The Morgan fingerprint density at radius 1 is 1.47 bits per heavy atom. The molecule has 3 N–H and O–H groups in total. The molecule has 1 aromatic carbocycles. The zero-order valence-corrected chi connectivity index (χ0v) is 11.7. The highest BCUT2D eigenvalue weighted by Gasteiger charge is 2.11. The van der Waals surface area contributed by atoms with Crippen molar-refractivity contribution in [1.29, 1.82) is 0 Å². The topological polar surface area (TPSA) is 72.9 Å². The van der Waals surface area contributed by atoms with Crippen molar-refractivity contribution >= 4 is 23.5 Å². The third-order valence-corrected chi connectivity index (χ3v) is 3.65. The fraction of sp³-hybridized carbons (Fsp3) is 0.231. The van der Waals surface area contributed by atoms with Crippen LogP contribution in [0.5, 0.6) is 0 Å². The monoisotopic (exact) mass is 276 g/mol. The van der Waals surface area contributed by atoms with Crippen molar-refractivity contribution in [3.63, 3.8) is 0 Å². The molecule has 0 aliphatic carbocycles. The highest BCUT2D eigenvalue weighted by atomic mass is 32.2. The summed E-state index contributed by atoms with van der Waals surface area (Å²) in [5.41, 5.74) is 7.32. The average molecular weight is 276 g/mol. The zero-order valence-electron chi connectivity index (χ0n) is 10.9. The number of carbonyl (C=O) groups excluding carboxylic acids is 1. The van der Waals surface area contributed by atoms with E-state index in [1.54, 1.807) is 29.7 Å². The van der Waals surface area contributed by atoms with Crippen molar-refractivity contribution in [2.45, 2.75) is 11.4 Å². The Kier molecular flexibility index (Phi) is 4.11. The maximum absolute atomic E-state index is 12.1. The second kappa shape index (κ2) is 5.79. The van der Waals surface area contributed by atoms with Crippen LogP contribution >= 0.6 is 11.8 Å². The zero-order chi connectivity index (χ0) is 13.8. The second-order valence-electron chi connectivity index (χ2n) is 4.06. The van der Waals surface area contributed by atoms with Crippen molar-refractivity contribution in [2.24, 2.45) is 7.05 Å². The average Bonchev–Trinajstić information content (AvgIpc) is 2.76. The molecular formula is C13H16N4OS. The Morgan fingerprint density at radius 2 is 2.21 bits per heavy atom. The van der Waals surface area contributed by atoms with Gasteiger partial charge in [-0.2, -0.15) is 5.10 Å². The van der Waals surface area contributed by atoms with E-state index in [2.05, 4.69) is 10.4 Å². The maximum Gasteiger partial charge on any atom is 0.252 e. The number of nitrogens with zero attached hydrogens (tertiary/aromatic N) is 2. The largest absolute Gasteiger partial charge is 0.384 e. The number of rotatable bonds is 4. The number of nitrogen functional groups attached to an aromatic ring is 1. The Hall–Kier alpha value is -1.95. The minimum absolute atomic E-state index is 0.104. The molecule has 5 nitrogen and oxygen atoms in total. The first-order chi connectivity index (χ1) is 9.13. The lowest BCUT2D eigenvalue weighted by atomic mass is 10.2. The first-order valence-electron chi connectivity index (χ1n) is 5.81. The molecule has 19 heavy (non-hydrogen) atoms. The van der Waals surface area contributed by atoms with E-state index in [1.807, 2.05) is 30.5 Å². The molecule has 0 fully saturated rings. The van der Waals surface area contributed by atoms with Crippen LogP contribution in [0.25, 0.3) is 0 Å². The summed E-state index contributed by atoms with van der Waals surface area (Å²) in [6.07, 6.45) is 3.61. The van der Waals surface area contributed by atoms with Crippen LogP contribution in [0, 0.1) is 0 Å². The van der Waals surface area contributed by atoms with Crippen LogP contribution in [0.1, 0.15) is 15.9 Å². The normalized spacial score (nSPS) is 10.4. The summed E-state index contributed by atoms with van der Waals surface area (Å²) in [7, 11) is 1.77. The summed E-state index contributed by atoms with van der Waals surface area (Å²) < 4.78 is 1.58. The van der Waals surface area contributed by atoms with Gasteiger partial charge in [-0.05, 0) is 18.4 Å². The molecule has 0 radical (unpaired) electrons. The Morgan fingerprint density at radius 3 is 2.84 bits per heavy atom. The summed E-state index contributed by atoms with van der Waals surface area (Å²) in [6.45, 7) is 0.376. The molecule has 6 heteroatoms. The lowest BCUT2D eigenvalue weighted by Gasteiger charge is -2.08. The van der Waals surface area contributed by atoms with E-state index < -0.39 is 0 Å². The predicted molar refractivity (Wildman–Crippen MR) is 77.0 cm³/mol. The van der Waals surface area contributed by atoms with Gasteiger partial charge in [0.05, 0.1) is 11.8 Å². The molecule has 1 aromatic heterocycles. The molecule has 1 amide bonds. The van der Waals surface area contributed by atoms with Crippen LogP contribution in [0.3, 0.4) is 0 Å². The van der Waals surface area contributed by atoms with Gasteiger partial charge in [0.15, 0.2) is 0 Å². The molecule has 0 aliphatic rings. The molecule has 1 heterocycles. The Labute approximate surface area is 116 Å². The number of thioether (sulfide) groups is 1. The van der Waals surface area contributed by atoms with Gasteiger partial charge in [-0.1, -0.05) is 12.1 Å². The van der Waals surface area contributed by atoms with Crippen molar-refractivity contribution < 1.29 is 4.79 Å². The van der Waals surface area contributed by atoms with Gasteiger partial charge in [-0.25, -0.2) is 0 Å². The molecular weight excluding hydrogens is 260 g/mol. The molecule has 0 aliphatic heterocycles. The van der Waals surface area contributed by atoms with E-state index >= 15 is 0 Å². The maximum atomic E-state index is 12.1. The fourth-order valence-electron chi connectivity index (χ4n) is 1.73. The minimum Gasteiger partial charge on any atom is -0.384 e. The van der Waals surface area contributed by atoms with E-state index in [-0.39, 0.29) is 5.91 Å². The van der Waals surface area contributed by atoms with Gasteiger partial charge in [0, 0.05) is 24.1 Å². The minimum atomic E-state index is -0.104. The number of nitrogens with one attached hydrogen (secondary N) is 1. The molecule has 0 saturated carbocycles. The Bertz CT molecular complexity index is 594. The van der Waals surface area contributed by atoms with Crippen molar-refractivity contribution in [3.05, 3.63) is 41.6 Å². The van der Waals surface area contributed by atoms with Crippen molar-refractivity contribution in [1.82, 2.24) is 15.1 Å². The predicted octanol–water partition coefficient (Wildman–Crippen LogP) is 1.65. The van der Waals surface area contributed by atoms with E-state index in [0.29, 0.717) is 17.9 Å². The number of benzene rings is 1. The molecule has 0 bridgehead atoms. The van der Waals surface area contributed by atoms with Gasteiger partial charge >= 0.3 is 0 Å². The molecule has 0 unspecified atom stereocenters. The lowest BCUT2D eigenvalue weighted by molar-refractivity contribution is 0.0948. The molecule has 2 aromatic rings. The van der Waals surface area contributed by atoms with Crippen LogP contribution in [0.2, 0.25) is 0 Å². The third-order valence-electron chi connectivity index (χ3n) is 2.86. The van der Waals surface area contributed by atoms with Crippen LogP contribution in [0.15, 0.2) is 35.4 Å². The second-order valence-corrected chi connectivity index (χ2v) is 4.91. The molecule has 0 spiro atoms. The fourth-order valence-corrected chi connectivity index (χ4v) is 2.33. The van der Waals surface area contributed by atoms with Crippen LogP contribution in [0.4, 0.5) is 5.82 Å². The number of nitrogens with two attached hydrogens (primary N) is 1. The van der Waals surface area contributed by atoms with Gasteiger partial charge in [0.25, 0.3) is 5.91 Å². The van der Waals surface area contributed by atoms with Crippen molar-refractivity contribution in [2.75, 3.05) is 12.0 Å².